The van der Waals surface area contributed by atoms with Crippen molar-refractivity contribution in [2.24, 2.45) is 5.41 Å². The summed E-state index contributed by atoms with van der Waals surface area (Å²) in [5, 5.41) is 7.78. The van der Waals surface area contributed by atoms with Gasteiger partial charge in [0.2, 0.25) is 0 Å². The first-order chi connectivity index (χ1) is 15.7. The molecule has 32 heavy (non-hydrogen) atoms. The van der Waals surface area contributed by atoms with Gasteiger partial charge in [-0.3, -0.25) is 4.98 Å². The van der Waals surface area contributed by atoms with E-state index >= 15 is 0 Å². The third-order valence-corrected chi connectivity index (χ3v) is 7.21. The number of aryl methyl sites for hydroxylation is 1. The maximum Gasteiger partial charge on any atom is 0.155 e. The minimum absolute atomic E-state index is 0.360. The van der Waals surface area contributed by atoms with E-state index in [9.17, 15) is 0 Å². The van der Waals surface area contributed by atoms with Crippen LogP contribution in [0, 0.1) is 12.3 Å². The van der Waals surface area contributed by atoms with Crippen LogP contribution in [0.1, 0.15) is 29.8 Å². The Kier molecular flexibility index (Phi) is 4.38. The Hall–Kier alpha value is -3.48. The lowest BCUT2D eigenvalue weighted by Gasteiger charge is -2.40. The first-order valence-electron chi connectivity index (χ1n) is 11.3. The molecule has 7 nitrogen and oxygen atoms in total. The lowest BCUT2D eigenvalue weighted by Crippen LogP contribution is -2.41. The van der Waals surface area contributed by atoms with Crippen LogP contribution in [0.25, 0.3) is 16.8 Å². The van der Waals surface area contributed by atoms with Crippen LogP contribution in [-0.4, -0.2) is 44.7 Å². The highest BCUT2D eigenvalue weighted by atomic mass is 15.3. The van der Waals surface area contributed by atoms with Gasteiger partial charge in [-0.25, -0.2) is 14.5 Å². The molecule has 4 aromatic rings. The van der Waals surface area contributed by atoms with Crippen molar-refractivity contribution < 1.29 is 0 Å². The first-order valence-corrected chi connectivity index (χ1v) is 11.3. The Morgan fingerprint density at radius 2 is 1.88 bits per heavy atom. The number of hydrogen-bond donors (Lipinski definition) is 1. The number of nitrogens with zero attached hydrogens (tertiary/aromatic N) is 6. The SMILES string of the molecule is CNc1cc(-c2c(C)nc(N3CCC4(CC3)Cc3cccnc3C4)c3ccnn23)ccn1. The molecule has 0 atom stereocenters. The van der Waals surface area contributed by atoms with E-state index in [4.69, 9.17) is 4.98 Å². The van der Waals surface area contributed by atoms with Crippen molar-refractivity contribution in [2.45, 2.75) is 32.6 Å². The molecule has 0 saturated carbocycles. The Morgan fingerprint density at radius 3 is 2.69 bits per heavy atom. The molecule has 0 bridgehead atoms. The quantitative estimate of drug-likeness (QED) is 0.536. The molecule has 1 N–H and O–H groups in total. The summed E-state index contributed by atoms with van der Waals surface area (Å²) in [6.07, 6.45) is 10.2. The van der Waals surface area contributed by atoms with Gasteiger partial charge < -0.3 is 10.2 Å². The van der Waals surface area contributed by atoms with Crippen LogP contribution in [-0.2, 0) is 12.8 Å². The minimum Gasteiger partial charge on any atom is -0.373 e. The highest BCUT2D eigenvalue weighted by Crippen LogP contribution is 2.44. The van der Waals surface area contributed by atoms with Gasteiger partial charge in [0.1, 0.15) is 11.3 Å². The van der Waals surface area contributed by atoms with E-state index in [0.717, 1.165) is 60.0 Å². The number of pyridine rings is 2. The molecular weight excluding hydrogens is 398 g/mol. The molecule has 1 fully saturated rings. The molecule has 1 aliphatic heterocycles. The number of hydrogen-bond acceptors (Lipinski definition) is 6. The lowest BCUT2D eigenvalue weighted by molar-refractivity contribution is 0.231. The predicted molar refractivity (Wildman–Crippen MR) is 126 cm³/mol. The topological polar surface area (TPSA) is 71.2 Å². The summed E-state index contributed by atoms with van der Waals surface area (Å²) in [5.74, 6) is 1.87. The van der Waals surface area contributed by atoms with Crippen molar-refractivity contribution in [2.75, 3.05) is 30.4 Å². The van der Waals surface area contributed by atoms with Crippen molar-refractivity contribution in [1.29, 1.82) is 0 Å². The predicted octanol–water partition coefficient (Wildman–Crippen LogP) is 3.92. The standard InChI is InChI=1S/C25H27N7/c1-17-23(18-5-10-28-22(14-18)26-2)32-21(6-11-29-32)24(30-17)31-12-7-25(8-13-31)15-19-4-3-9-27-20(19)16-25/h3-6,9-11,14H,7-8,12-13,15-16H2,1-2H3,(H,26,28). The fraction of sp³-hybridized carbons (Fsp3) is 0.360. The van der Waals surface area contributed by atoms with Crippen molar-refractivity contribution in [3.05, 3.63) is 65.9 Å². The normalized spacial score (nSPS) is 17.1. The minimum atomic E-state index is 0.360. The molecule has 6 rings (SSSR count). The highest BCUT2D eigenvalue weighted by Gasteiger charge is 2.41. The summed E-state index contributed by atoms with van der Waals surface area (Å²) in [4.78, 5) is 16.5. The van der Waals surface area contributed by atoms with Gasteiger partial charge in [-0.1, -0.05) is 6.07 Å². The molecule has 5 heterocycles. The molecule has 0 unspecified atom stereocenters. The summed E-state index contributed by atoms with van der Waals surface area (Å²) < 4.78 is 2.03. The van der Waals surface area contributed by atoms with Gasteiger partial charge in [0, 0.05) is 43.8 Å². The molecule has 2 aliphatic rings. The Labute approximate surface area is 187 Å². The van der Waals surface area contributed by atoms with E-state index in [1.165, 1.54) is 24.1 Å². The monoisotopic (exact) mass is 425 g/mol. The molecule has 0 amide bonds. The first kappa shape index (κ1) is 19.2. The number of aromatic nitrogens is 5. The maximum absolute atomic E-state index is 5.10. The Morgan fingerprint density at radius 1 is 1.00 bits per heavy atom. The highest BCUT2D eigenvalue weighted by molar-refractivity contribution is 5.76. The second kappa shape index (κ2) is 7.29. The van der Waals surface area contributed by atoms with Gasteiger partial charge in [-0.2, -0.15) is 5.10 Å². The summed E-state index contributed by atoms with van der Waals surface area (Å²) in [5.41, 5.74) is 7.20. The Balaban J connectivity index is 1.31. The molecule has 4 aromatic heterocycles. The number of nitrogens with one attached hydrogen (secondary N) is 1. The van der Waals surface area contributed by atoms with E-state index in [1.54, 1.807) is 0 Å². The number of fused-ring (bicyclic) bond motifs is 2. The second-order valence-corrected chi connectivity index (χ2v) is 9.13. The third kappa shape index (κ3) is 3.03. The van der Waals surface area contributed by atoms with Gasteiger partial charge in [-0.15, -0.1) is 0 Å². The number of rotatable bonds is 3. The molecule has 0 aromatic carbocycles. The summed E-state index contributed by atoms with van der Waals surface area (Å²) in [6.45, 7) is 4.10. The molecule has 1 aliphatic carbocycles. The summed E-state index contributed by atoms with van der Waals surface area (Å²) in [7, 11) is 1.88. The maximum atomic E-state index is 5.10. The molecule has 0 radical (unpaired) electrons. The average molecular weight is 426 g/mol. The fourth-order valence-electron chi connectivity index (χ4n) is 5.51. The molecule has 1 spiro atoms. The van der Waals surface area contributed by atoms with Crippen LogP contribution >= 0.6 is 0 Å². The average Bonchev–Trinajstić information content (AvgIpc) is 3.44. The van der Waals surface area contributed by atoms with Gasteiger partial charge in [0.15, 0.2) is 5.82 Å². The zero-order valence-electron chi connectivity index (χ0n) is 18.5. The fourth-order valence-corrected chi connectivity index (χ4v) is 5.51. The molecular formula is C25H27N7. The largest absolute Gasteiger partial charge is 0.373 e. The third-order valence-electron chi connectivity index (χ3n) is 7.21. The summed E-state index contributed by atoms with van der Waals surface area (Å²) in [6, 6.07) is 10.5. The van der Waals surface area contributed by atoms with E-state index in [0.29, 0.717) is 5.41 Å². The van der Waals surface area contributed by atoms with Crippen molar-refractivity contribution in [1.82, 2.24) is 24.6 Å². The summed E-state index contributed by atoms with van der Waals surface area (Å²) >= 11 is 0. The number of piperidine rings is 1. The van der Waals surface area contributed by atoms with Gasteiger partial charge >= 0.3 is 0 Å². The van der Waals surface area contributed by atoms with E-state index in [2.05, 4.69) is 50.4 Å². The van der Waals surface area contributed by atoms with E-state index < -0.39 is 0 Å². The van der Waals surface area contributed by atoms with Crippen molar-refractivity contribution in [3.63, 3.8) is 0 Å². The molecule has 1 saturated heterocycles. The van der Waals surface area contributed by atoms with Crippen LogP contribution in [0.4, 0.5) is 11.6 Å². The zero-order valence-corrected chi connectivity index (χ0v) is 18.5. The second-order valence-electron chi connectivity index (χ2n) is 9.13. The van der Waals surface area contributed by atoms with Crippen LogP contribution in [0.3, 0.4) is 0 Å². The smallest absolute Gasteiger partial charge is 0.155 e. The van der Waals surface area contributed by atoms with E-state index in [-0.39, 0.29) is 0 Å². The van der Waals surface area contributed by atoms with E-state index in [1.807, 2.05) is 42.3 Å². The van der Waals surface area contributed by atoms with Crippen LogP contribution in [0.15, 0.2) is 48.9 Å². The molecule has 162 valence electrons. The van der Waals surface area contributed by atoms with Crippen LogP contribution < -0.4 is 10.2 Å². The Bertz CT molecular complexity index is 1270. The van der Waals surface area contributed by atoms with Gasteiger partial charge in [0.25, 0.3) is 0 Å². The number of anilines is 2. The van der Waals surface area contributed by atoms with Crippen LogP contribution in [0.2, 0.25) is 0 Å². The van der Waals surface area contributed by atoms with Gasteiger partial charge in [-0.05, 0) is 67.9 Å². The van der Waals surface area contributed by atoms with Crippen molar-refractivity contribution >= 4 is 17.2 Å². The van der Waals surface area contributed by atoms with Crippen LogP contribution in [0.5, 0.6) is 0 Å². The van der Waals surface area contributed by atoms with Gasteiger partial charge in [0.05, 0.1) is 17.6 Å². The lowest BCUT2D eigenvalue weighted by atomic mass is 9.76. The van der Waals surface area contributed by atoms with Crippen molar-refractivity contribution in [3.8, 4) is 11.3 Å². The zero-order chi connectivity index (χ0) is 21.7. The molecule has 7 heteroatoms.